The number of alkyl halides is 3. The van der Waals surface area contributed by atoms with Gasteiger partial charge in [0.1, 0.15) is 11.6 Å². The first-order valence-electron chi connectivity index (χ1n) is 12.4. The van der Waals surface area contributed by atoms with E-state index in [9.17, 15) is 27.9 Å². The molecule has 3 aromatic rings. The SMILES string of the molecule is O=C(O)C1CCC(c2nc3nccc(C4CCN(C(=O)c5ccc(OC(F)(F)F)cc5)CC4)c3[nH]2)CC1. The molecule has 1 aromatic carbocycles. The number of carboxylic acids is 1. The Hall–Kier alpha value is -3.63. The van der Waals surface area contributed by atoms with Crippen molar-refractivity contribution in [2.75, 3.05) is 13.1 Å². The second kappa shape index (κ2) is 10.0. The van der Waals surface area contributed by atoms with Crippen molar-refractivity contribution in [3.63, 3.8) is 0 Å². The van der Waals surface area contributed by atoms with Gasteiger partial charge in [0.05, 0.1) is 11.4 Å². The number of hydrogen-bond donors (Lipinski definition) is 2. The van der Waals surface area contributed by atoms with Gasteiger partial charge in [0.15, 0.2) is 5.65 Å². The van der Waals surface area contributed by atoms with Gasteiger partial charge in [0.25, 0.3) is 5.91 Å². The smallest absolute Gasteiger partial charge is 0.481 e. The minimum absolute atomic E-state index is 0.185. The van der Waals surface area contributed by atoms with E-state index in [1.165, 1.54) is 12.1 Å². The predicted octanol–water partition coefficient (Wildman–Crippen LogP) is 5.23. The van der Waals surface area contributed by atoms with Gasteiger partial charge in [-0.25, -0.2) is 9.97 Å². The van der Waals surface area contributed by atoms with Crippen molar-refractivity contribution >= 4 is 23.0 Å². The lowest BCUT2D eigenvalue weighted by molar-refractivity contribution is -0.274. The summed E-state index contributed by atoms with van der Waals surface area (Å²) in [6, 6.07) is 6.96. The number of nitrogens with one attached hydrogen (secondary N) is 1. The fourth-order valence-corrected chi connectivity index (χ4v) is 5.47. The molecule has 8 nitrogen and oxygen atoms in total. The third-order valence-corrected chi connectivity index (χ3v) is 7.46. The molecule has 2 fully saturated rings. The number of likely N-dealkylation sites (tertiary alicyclic amines) is 1. The first-order valence-corrected chi connectivity index (χ1v) is 12.4. The molecule has 2 aliphatic rings. The second-order valence-corrected chi connectivity index (χ2v) is 9.75. The van der Waals surface area contributed by atoms with Crippen LogP contribution >= 0.6 is 0 Å². The quantitative estimate of drug-likeness (QED) is 0.481. The van der Waals surface area contributed by atoms with Crippen molar-refractivity contribution in [2.45, 2.75) is 56.7 Å². The number of carbonyl (C=O) groups excluding carboxylic acids is 1. The van der Waals surface area contributed by atoms with Crippen molar-refractivity contribution in [2.24, 2.45) is 5.92 Å². The van der Waals surface area contributed by atoms with Crippen molar-refractivity contribution in [1.82, 2.24) is 19.9 Å². The van der Waals surface area contributed by atoms with Crippen LogP contribution in [-0.4, -0.2) is 56.3 Å². The van der Waals surface area contributed by atoms with Gasteiger partial charge < -0.3 is 19.7 Å². The van der Waals surface area contributed by atoms with Crippen molar-refractivity contribution in [3.05, 3.63) is 53.5 Å². The number of aromatic nitrogens is 3. The largest absolute Gasteiger partial charge is 0.573 e. The van der Waals surface area contributed by atoms with Crippen molar-refractivity contribution < 1.29 is 32.6 Å². The second-order valence-electron chi connectivity index (χ2n) is 9.75. The van der Waals surface area contributed by atoms with Crippen LogP contribution in [0.4, 0.5) is 13.2 Å². The number of aliphatic carboxylic acids is 1. The Morgan fingerprint density at radius 2 is 1.65 bits per heavy atom. The summed E-state index contributed by atoms with van der Waals surface area (Å²) in [5.74, 6) is -0.365. The van der Waals surface area contributed by atoms with E-state index in [4.69, 9.17) is 4.98 Å². The van der Waals surface area contributed by atoms with Crippen LogP contribution in [0, 0.1) is 5.92 Å². The molecule has 11 heteroatoms. The van der Waals surface area contributed by atoms with E-state index in [-0.39, 0.29) is 29.4 Å². The molecule has 0 radical (unpaired) electrons. The molecule has 1 saturated heterocycles. The highest BCUT2D eigenvalue weighted by Crippen LogP contribution is 2.37. The molecule has 1 aliphatic carbocycles. The van der Waals surface area contributed by atoms with Crippen LogP contribution in [0.3, 0.4) is 0 Å². The van der Waals surface area contributed by atoms with E-state index in [2.05, 4.69) is 14.7 Å². The minimum atomic E-state index is -4.78. The number of imidazole rings is 1. The summed E-state index contributed by atoms with van der Waals surface area (Å²) in [7, 11) is 0. The van der Waals surface area contributed by atoms with Gasteiger partial charge in [-0.15, -0.1) is 13.2 Å². The van der Waals surface area contributed by atoms with Crippen molar-refractivity contribution in [3.8, 4) is 5.75 Å². The molecular formula is C26H27F3N4O4. The Kier molecular flexibility index (Phi) is 6.78. The molecule has 2 N–H and O–H groups in total. The number of amides is 1. The third kappa shape index (κ3) is 5.55. The summed E-state index contributed by atoms with van der Waals surface area (Å²) in [5.41, 5.74) is 2.95. The van der Waals surface area contributed by atoms with Crippen LogP contribution in [0.15, 0.2) is 36.5 Å². The molecule has 0 spiro atoms. The summed E-state index contributed by atoms with van der Waals surface area (Å²) >= 11 is 0. The van der Waals surface area contributed by atoms with Gasteiger partial charge in [-0.05, 0) is 80.3 Å². The minimum Gasteiger partial charge on any atom is -0.481 e. The molecule has 196 valence electrons. The average molecular weight is 517 g/mol. The fourth-order valence-electron chi connectivity index (χ4n) is 5.47. The molecule has 37 heavy (non-hydrogen) atoms. The van der Waals surface area contributed by atoms with Crippen LogP contribution in [0.25, 0.3) is 11.2 Å². The summed E-state index contributed by atoms with van der Waals surface area (Å²) in [6.07, 6.45) is 1.26. The number of halogens is 3. The topological polar surface area (TPSA) is 108 Å². The molecule has 1 aliphatic heterocycles. The van der Waals surface area contributed by atoms with Crippen LogP contribution in [0.5, 0.6) is 5.75 Å². The van der Waals surface area contributed by atoms with Gasteiger partial charge in [-0.3, -0.25) is 9.59 Å². The highest BCUT2D eigenvalue weighted by molar-refractivity contribution is 5.94. The monoisotopic (exact) mass is 516 g/mol. The van der Waals surface area contributed by atoms with Gasteiger partial charge in [0.2, 0.25) is 0 Å². The van der Waals surface area contributed by atoms with Gasteiger partial charge in [-0.1, -0.05) is 0 Å². The number of hydrogen-bond acceptors (Lipinski definition) is 5. The number of benzene rings is 1. The number of nitrogens with zero attached hydrogens (tertiary/aromatic N) is 3. The van der Waals surface area contributed by atoms with Crippen LogP contribution < -0.4 is 4.74 Å². The van der Waals surface area contributed by atoms with E-state index in [0.29, 0.717) is 37.1 Å². The van der Waals surface area contributed by atoms with Crippen molar-refractivity contribution in [1.29, 1.82) is 0 Å². The number of H-pyrrole nitrogens is 1. The number of carbonyl (C=O) groups is 2. The molecule has 0 unspecified atom stereocenters. The number of aromatic amines is 1. The van der Waals surface area contributed by atoms with E-state index >= 15 is 0 Å². The van der Waals surface area contributed by atoms with Gasteiger partial charge in [-0.2, -0.15) is 0 Å². The van der Waals surface area contributed by atoms with Crippen LogP contribution in [0.2, 0.25) is 0 Å². The Bertz CT molecular complexity index is 1280. The summed E-state index contributed by atoms with van der Waals surface area (Å²) in [6.45, 7) is 1.04. The first kappa shape index (κ1) is 25.0. The highest BCUT2D eigenvalue weighted by atomic mass is 19.4. The number of piperidine rings is 1. The van der Waals surface area contributed by atoms with E-state index < -0.39 is 12.3 Å². The standard InChI is InChI=1S/C26H27F3N4O4/c27-26(28,29)37-19-7-5-17(6-8-19)24(34)33-13-10-15(11-14-33)20-9-12-30-23-21(20)31-22(32-23)16-1-3-18(4-2-16)25(35)36/h5-9,12,15-16,18H,1-4,10-11,13-14H2,(H,35,36)(H,30,31,32). The zero-order valence-corrected chi connectivity index (χ0v) is 20.0. The Labute approximate surface area is 210 Å². The first-order chi connectivity index (χ1) is 17.7. The lowest BCUT2D eigenvalue weighted by Gasteiger charge is -2.32. The molecule has 1 saturated carbocycles. The van der Waals surface area contributed by atoms with Gasteiger partial charge in [0, 0.05) is 30.8 Å². The Morgan fingerprint density at radius 3 is 2.27 bits per heavy atom. The summed E-state index contributed by atoms with van der Waals surface area (Å²) in [4.78, 5) is 38.5. The van der Waals surface area contributed by atoms with Gasteiger partial charge >= 0.3 is 12.3 Å². The predicted molar refractivity (Wildman–Crippen MR) is 127 cm³/mol. The molecule has 0 atom stereocenters. The summed E-state index contributed by atoms with van der Waals surface area (Å²) < 4.78 is 41.0. The zero-order valence-electron chi connectivity index (χ0n) is 20.0. The van der Waals surface area contributed by atoms with E-state index in [0.717, 1.165) is 54.7 Å². The Morgan fingerprint density at radius 1 is 0.973 bits per heavy atom. The molecule has 2 aromatic heterocycles. The van der Waals surface area contributed by atoms with Crippen LogP contribution in [0.1, 0.15) is 72.1 Å². The number of rotatable bonds is 5. The number of ether oxygens (including phenoxy) is 1. The molecule has 3 heterocycles. The normalized spacial score (nSPS) is 21.2. The number of fused-ring (bicyclic) bond motifs is 1. The molecule has 1 amide bonds. The maximum Gasteiger partial charge on any atom is 0.573 e. The fraction of sp³-hybridized carbons (Fsp3) is 0.462. The van der Waals surface area contributed by atoms with Crippen LogP contribution in [-0.2, 0) is 4.79 Å². The molecule has 0 bridgehead atoms. The molecule has 5 rings (SSSR count). The maximum absolute atomic E-state index is 12.9. The Balaban J connectivity index is 1.23. The third-order valence-electron chi connectivity index (χ3n) is 7.46. The highest BCUT2D eigenvalue weighted by Gasteiger charge is 2.32. The number of pyridine rings is 1. The van der Waals surface area contributed by atoms with E-state index in [1.807, 2.05) is 6.07 Å². The average Bonchev–Trinajstić information content (AvgIpc) is 3.33. The lowest BCUT2D eigenvalue weighted by Crippen LogP contribution is -2.38. The lowest BCUT2D eigenvalue weighted by atomic mass is 9.82. The van der Waals surface area contributed by atoms with E-state index in [1.54, 1.807) is 11.1 Å². The summed E-state index contributed by atoms with van der Waals surface area (Å²) in [5, 5.41) is 9.26. The zero-order chi connectivity index (χ0) is 26.2. The number of carboxylic acid groups (broad SMARTS) is 1. The maximum atomic E-state index is 12.9. The molecular weight excluding hydrogens is 489 g/mol.